The van der Waals surface area contributed by atoms with Crippen LogP contribution in [0, 0.1) is 0 Å². The molecule has 4 aromatic rings. The molecule has 3 heterocycles. The number of aromatic nitrogens is 3. The summed E-state index contributed by atoms with van der Waals surface area (Å²) >= 11 is 0. The second kappa shape index (κ2) is 5.62. The van der Waals surface area contributed by atoms with E-state index in [0.29, 0.717) is 22.4 Å². The summed E-state index contributed by atoms with van der Waals surface area (Å²) in [7, 11) is 0. The van der Waals surface area contributed by atoms with Crippen molar-refractivity contribution in [2.24, 2.45) is 0 Å². The monoisotopic (exact) mass is 315 g/mol. The van der Waals surface area contributed by atoms with Gasteiger partial charge in [0.1, 0.15) is 11.3 Å². The topological polar surface area (TPSA) is 68.0 Å². The van der Waals surface area contributed by atoms with Crippen molar-refractivity contribution in [3.8, 4) is 22.7 Å². The molecular formula is C19H13N3O2. The summed E-state index contributed by atoms with van der Waals surface area (Å²) in [6, 6.07) is 17.9. The zero-order valence-corrected chi connectivity index (χ0v) is 12.6. The van der Waals surface area contributed by atoms with Gasteiger partial charge in [-0.1, -0.05) is 24.3 Å². The minimum atomic E-state index is -0.358. The van der Waals surface area contributed by atoms with Crippen molar-refractivity contribution >= 4 is 11.0 Å². The molecule has 0 aliphatic rings. The molecule has 1 N–H and O–H groups in total. The van der Waals surface area contributed by atoms with Gasteiger partial charge < -0.3 is 5.11 Å². The molecule has 0 radical (unpaired) electrons. The van der Waals surface area contributed by atoms with E-state index in [-0.39, 0.29) is 16.9 Å². The SMILES string of the molecule is O=c1c(-c2ccccn2)c(O)c2cccnc2n1-c1ccccc1. The van der Waals surface area contributed by atoms with Crippen LogP contribution in [-0.2, 0) is 0 Å². The maximum atomic E-state index is 13.1. The molecule has 0 bridgehead atoms. The molecular weight excluding hydrogens is 302 g/mol. The Hall–Kier alpha value is -3.47. The number of aromatic hydroxyl groups is 1. The van der Waals surface area contributed by atoms with Gasteiger partial charge in [-0.3, -0.25) is 14.3 Å². The van der Waals surface area contributed by atoms with Crippen LogP contribution in [0.1, 0.15) is 0 Å². The molecule has 0 fully saturated rings. The van der Waals surface area contributed by atoms with Crippen molar-refractivity contribution in [3.63, 3.8) is 0 Å². The third-order valence-corrected chi connectivity index (χ3v) is 3.84. The van der Waals surface area contributed by atoms with Crippen LogP contribution in [-0.4, -0.2) is 19.6 Å². The summed E-state index contributed by atoms with van der Waals surface area (Å²) in [6.45, 7) is 0. The van der Waals surface area contributed by atoms with Crippen molar-refractivity contribution in [1.29, 1.82) is 0 Å². The minimum Gasteiger partial charge on any atom is -0.506 e. The van der Waals surface area contributed by atoms with Crippen molar-refractivity contribution in [2.45, 2.75) is 0 Å². The molecule has 116 valence electrons. The van der Waals surface area contributed by atoms with Crippen LogP contribution in [0.15, 0.2) is 77.9 Å². The van der Waals surface area contributed by atoms with E-state index in [4.69, 9.17) is 0 Å². The van der Waals surface area contributed by atoms with E-state index < -0.39 is 0 Å². The highest BCUT2D eigenvalue weighted by atomic mass is 16.3. The molecule has 5 heteroatoms. The number of hydrogen-bond acceptors (Lipinski definition) is 4. The molecule has 0 spiro atoms. The maximum Gasteiger partial charge on any atom is 0.270 e. The normalized spacial score (nSPS) is 10.8. The molecule has 0 aliphatic heterocycles. The fourth-order valence-electron chi connectivity index (χ4n) is 2.76. The van der Waals surface area contributed by atoms with Gasteiger partial charge in [0, 0.05) is 12.4 Å². The molecule has 24 heavy (non-hydrogen) atoms. The summed E-state index contributed by atoms with van der Waals surface area (Å²) in [5.74, 6) is -0.103. The lowest BCUT2D eigenvalue weighted by molar-refractivity contribution is 0.481. The van der Waals surface area contributed by atoms with Crippen molar-refractivity contribution < 1.29 is 5.11 Å². The zero-order valence-electron chi connectivity index (χ0n) is 12.6. The van der Waals surface area contributed by atoms with E-state index in [0.717, 1.165) is 0 Å². The highest BCUT2D eigenvalue weighted by Gasteiger charge is 2.19. The molecule has 4 rings (SSSR count). The van der Waals surface area contributed by atoms with Crippen molar-refractivity contribution in [2.75, 3.05) is 0 Å². The Bertz CT molecular complexity index is 1070. The number of rotatable bonds is 2. The van der Waals surface area contributed by atoms with E-state index in [1.54, 1.807) is 42.7 Å². The Balaban J connectivity index is 2.18. The Kier molecular flexibility index (Phi) is 3.31. The van der Waals surface area contributed by atoms with Crippen LogP contribution in [0.4, 0.5) is 0 Å². The van der Waals surface area contributed by atoms with Gasteiger partial charge in [0.15, 0.2) is 5.65 Å². The third kappa shape index (κ3) is 2.14. The lowest BCUT2D eigenvalue weighted by Gasteiger charge is -2.13. The van der Waals surface area contributed by atoms with Gasteiger partial charge in [-0.2, -0.15) is 0 Å². The Morgan fingerprint density at radius 2 is 1.58 bits per heavy atom. The fourth-order valence-corrected chi connectivity index (χ4v) is 2.76. The molecule has 0 unspecified atom stereocenters. The Morgan fingerprint density at radius 3 is 2.33 bits per heavy atom. The largest absolute Gasteiger partial charge is 0.506 e. The molecule has 0 aliphatic carbocycles. The number of benzene rings is 1. The molecule has 0 amide bonds. The molecule has 0 atom stereocenters. The predicted octanol–water partition coefficient (Wildman–Crippen LogP) is 3.15. The summed E-state index contributed by atoms with van der Waals surface area (Å²) < 4.78 is 1.50. The average Bonchev–Trinajstić information content (AvgIpc) is 2.64. The minimum absolute atomic E-state index is 0.103. The number of hydrogen-bond donors (Lipinski definition) is 1. The van der Waals surface area contributed by atoms with Crippen LogP contribution >= 0.6 is 0 Å². The van der Waals surface area contributed by atoms with Crippen LogP contribution in [0.5, 0.6) is 5.75 Å². The fraction of sp³-hybridized carbons (Fsp3) is 0. The highest BCUT2D eigenvalue weighted by Crippen LogP contribution is 2.32. The second-order valence-corrected chi connectivity index (χ2v) is 5.29. The van der Waals surface area contributed by atoms with Gasteiger partial charge >= 0.3 is 0 Å². The highest BCUT2D eigenvalue weighted by molar-refractivity contribution is 5.90. The van der Waals surface area contributed by atoms with E-state index in [2.05, 4.69) is 9.97 Å². The molecule has 0 saturated carbocycles. The zero-order chi connectivity index (χ0) is 16.5. The number of pyridine rings is 3. The quantitative estimate of drug-likeness (QED) is 0.617. The third-order valence-electron chi connectivity index (χ3n) is 3.84. The molecule has 1 aromatic carbocycles. The van der Waals surface area contributed by atoms with Gasteiger partial charge in [-0.15, -0.1) is 0 Å². The van der Waals surface area contributed by atoms with Crippen LogP contribution in [0.25, 0.3) is 28.0 Å². The van der Waals surface area contributed by atoms with E-state index >= 15 is 0 Å². The molecule has 0 saturated heterocycles. The average molecular weight is 315 g/mol. The Morgan fingerprint density at radius 1 is 0.833 bits per heavy atom. The lowest BCUT2D eigenvalue weighted by Crippen LogP contribution is -2.21. The second-order valence-electron chi connectivity index (χ2n) is 5.29. The summed E-state index contributed by atoms with van der Waals surface area (Å²) in [4.78, 5) is 21.6. The summed E-state index contributed by atoms with van der Waals surface area (Å²) in [5, 5.41) is 11.2. The van der Waals surface area contributed by atoms with E-state index in [9.17, 15) is 9.90 Å². The first-order valence-electron chi connectivity index (χ1n) is 7.47. The summed E-state index contributed by atoms with van der Waals surface area (Å²) in [5.41, 5.74) is 1.33. The molecule has 3 aromatic heterocycles. The van der Waals surface area contributed by atoms with Gasteiger partial charge in [0.05, 0.1) is 16.8 Å². The predicted molar refractivity (Wildman–Crippen MR) is 92.2 cm³/mol. The lowest BCUT2D eigenvalue weighted by atomic mass is 10.1. The van der Waals surface area contributed by atoms with Crippen molar-refractivity contribution in [3.05, 3.63) is 83.4 Å². The number of nitrogens with zero attached hydrogens (tertiary/aromatic N) is 3. The van der Waals surface area contributed by atoms with Gasteiger partial charge in [-0.05, 0) is 36.4 Å². The summed E-state index contributed by atoms with van der Waals surface area (Å²) in [6.07, 6.45) is 3.19. The smallest absolute Gasteiger partial charge is 0.270 e. The van der Waals surface area contributed by atoms with Gasteiger partial charge in [0.25, 0.3) is 5.56 Å². The first-order chi connectivity index (χ1) is 11.8. The maximum absolute atomic E-state index is 13.1. The number of para-hydroxylation sites is 1. The first-order valence-corrected chi connectivity index (χ1v) is 7.47. The standard InChI is InChI=1S/C19H13N3O2/c23-17-14-9-6-12-21-18(14)22(13-7-2-1-3-8-13)19(24)16(17)15-10-4-5-11-20-15/h1-12,23H. The van der Waals surface area contributed by atoms with Crippen LogP contribution in [0.3, 0.4) is 0 Å². The number of fused-ring (bicyclic) bond motifs is 1. The van der Waals surface area contributed by atoms with Crippen LogP contribution < -0.4 is 5.56 Å². The molecule has 5 nitrogen and oxygen atoms in total. The van der Waals surface area contributed by atoms with Crippen LogP contribution in [0.2, 0.25) is 0 Å². The van der Waals surface area contributed by atoms with Gasteiger partial charge in [0.2, 0.25) is 0 Å². The van der Waals surface area contributed by atoms with E-state index in [1.165, 1.54) is 4.57 Å². The first kappa shape index (κ1) is 14.1. The Labute approximate surface area is 137 Å². The van der Waals surface area contributed by atoms with E-state index in [1.807, 2.05) is 30.3 Å². The van der Waals surface area contributed by atoms with Crippen molar-refractivity contribution in [1.82, 2.24) is 14.5 Å². The van der Waals surface area contributed by atoms with Gasteiger partial charge in [-0.25, -0.2) is 4.98 Å².